The molecule has 2 heterocycles. The van der Waals surface area contributed by atoms with Crippen molar-refractivity contribution in [3.8, 4) is 0 Å². The Hall–Kier alpha value is -6.56. The minimum atomic E-state index is -1.47. The highest BCUT2D eigenvalue weighted by molar-refractivity contribution is 14.1. The zero-order valence-electron chi connectivity index (χ0n) is 54.4. The molecule has 532 valence electrons. The zero-order chi connectivity index (χ0) is 70.6. The largest absolute Gasteiger partial charge is 0.481 e. The van der Waals surface area contributed by atoms with Crippen molar-refractivity contribution in [3.63, 3.8) is 0 Å². The van der Waals surface area contributed by atoms with E-state index in [0.717, 1.165) is 49.9 Å². The van der Waals surface area contributed by atoms with Crippen molar-refractivity contribution in [1.29, 1.82) is 0 Å². The Morgan fingerprint density at radius 1 is 0.667 bits per heavy atom. The van der Waals surface area contributed by atoms with E-state index in [-0.39, 0.29) is 105 Å². The standard InChI is InChI=1S/C50H66IN9O12S3.C14H27NO6/c1-2-40(62)37-25-73-28-43(65)57-36(15-6-7-16-54-45(68)30-12-8-14-34(51)19-30)49(72)60-39-27-75-74-26-38(42(64)22-32(47(70)58-37)18-29-10-4-3-5-11-29)59-48(71)33(23-44(66)67)20-35(61)24-56-46(69)31(21-41(39)63)13-9-17-55-50(52)53;1-2-5-18-7-9-20-10-8-19-6-3-4-13(16)11-21-12-14(15)17/h3-5,8,10-12,14,19,31-33,36-39H,2,6-7,9,13,15-18,20-28H2,1H3,(H,54,68)(H,56,69)(H,57,65)(H,58,70)(H,59,71)(H,60,72)(H,66,67)(H4,52,53,55);2-12H2,1H3,(H2,15,17)/t31-,32-,33+,36+,37+,38+,39+;/m1./s1/i51-4;. The lowest BCUT2D eigenvalue weighted by atomic mass is 9.90. The fourth-order valence-corrected chi connectivity index (χ4v) is 13.3. The van der Waals surface area contributed by atoms with Gasteiger partial charge in [-0.15, -0.1) is 11.8 Å². The molecule has 32 heteroatoms. The Labute approximate surface area is 585 Å². The number of carbonyl (C=O) groups is 13. The van der Waals surface area contributed by atoms with Crippen molar-refractivity contribution in [1.82, 2.24) is 31.9 Å². The van der Waals surface area contributed by atoms with Gasteiger partial charge >= 0.3 is 5.97 Å². The Balaban J connectivity index is 0.000000975. The highest BCUT2D eigenvalue weighted by Gasteiger charge is 2.36. The number of benzene rings is 2. The van der Waals surface area contributed by atoms with E-state index < -0.39 is 133 Å². The second-order valence-electron chi connectivity index (χ2n) is 22.5. The van der Waals surface area contributed by atoms with Crippen LogP contribution in [0, 0.1) is 21.3 Å². The Morgan fingerprint density at radius 3 is 1.95 bits per heavy atom. The summed E-state index contributed by atoms with van der Waals surface area (Å²) in [6, 6.07) is 10.9. The molecule has 0 unspecified atom stereocenters. The topological polar surface area (TPSA) is 442 Å². The van der Waals surface area contributed by atoms with Crippen LogP contribution in [0.2, 0.25) is 0 Å². The van der Waals surface area contributed by atoms with E-state index in [0.29, 0.717) is 69.8 Å². The van der Waals surface area contributed by atoms with E-state index in [9.17, 15) is 67.4 Å². The third-order valence-electron chi connectivity index (χ3n) is 14.5. The molecule has 13 N–H and O–H groups in total. The molecule has 2 saturated heterocycles. The minimum Gasteiger partial charge on any atom is -0.481 e. The van der Waals surface area contributed by atoms with Crippen molar-refractivity contribution < 1.29 is 86.4 Å². The first-order valence-electron chi connectivity index (χ1n) is 31.9. The highest BCUT2D eigenvalue weighted by Crippen LogP contribution is 2.27. The third-order valence-corrected chi connectivity index (χ3v) is 18.6. The number of aliphatic carboxylic acids is 1. The number of nitrogens with zero attached hydrogens (tertiary/aromatic N) is 1. The molecule has 2 aromatic carbocycles. The highest BCUT2D eigenvalue weighted by atomic mass is 123. The van der Waals surface area contributed by atoms with Gasteiger partial charge in [-0.25, -0.2) is 0 Å². The van der Waals surface area contributed by atoms with Crippen LogP contribution in [0.5, 0.6) is 0 Å². The number of guanidine groups is 1. The number of nitrogens with two attached hydrogens (primary N) is 3. The summed E-state index contributed by atoms with van der Waals surface area (Å²) in [5, 5.41) is 26.1. The van der Waals surface area contributed by atoms with Crippen molar-refractivity contribution in [2.75, 3.05) is 95.5 Å². The molecule has 0 radical (unpaired) electrons. The predicted octanol–water partition coefficient (Wildman–Crippen LogP) is 2.16. The number of ether oxygens (including phenoxy) is 4. The Morgan fingerprint density at radius 2 is 1.31 bits per heavy atom. The molecular formula is C64H93IN10O18S3. The number of amides is 7. The van der Waals surface area contributed by atoms with E-state index in [1.807, 2.05) is 6.07 Å². The van der Waals surface area contributed by atoms with Gasteiger partial charge in [-0.1, -0.05) is 71.8 Å². The van der Waals surface area contributed by atoms with E-state index in [4.69, 9.17) is 36.1 Å². The summed E-state index contributed by atoms with van der Waals surface area (Å²) in [6.07, 6.45) is 0.843. The number of hydrogen-bond donors (Lipinski definition) is 10. The van der Waals surface area contributed by atoms with Crippen molar-refractivity contribution >= 4 is 138 Å². The molecule has 0 spiro atoms. The van der Waals surface area contributed by atoms with Gasteiger partial charge in [0.25, 0.3) is 5.91 Å². The Kier molecular flexibility index (Phi) is 42.7. The molecule has 28 nitrogen and oxygen atoms in total. The summed E-state index contributed by atoms with van der Waals surface area (Å²) in [6.45, 7) is 6.53. The van der Waals surface area contributed by atoms with Crippen LogP contribution in [-0.4, -0.2) is 207 Å². The lowest BCUT2D eigenvalue weighted by Crippen LogP contribution is -2.53. The van der Waals surface area contributed by atoms with E-state index in [1.165, 1.54) is 0 Å². The average Bonchev–Trinajstić information content (AvgIpc) is 1.12. The van der Waals surface area contributed by atoms with Crippen molar-refractivity contribution in [2.24, 2.45) is 39.9 Å². The van der Waals surface area contributed by atoms with Crippen LogP contribution in [0.25, 0.3) is 0 Å². The molecule has 4 rings (SSSR count). The fraction of sp³-hybridized carbons (Fsp3) is 0.594. The van der Waals surface area contributed by atoms with Crippen LogP contribution < -0.4 is 49.1 Å². The number of primary amides is 1. The first-order chi connectivity index (χ1) is 46.0. The van der Waals surface area contributed by atoms with Crippen LogP contribution in [0.4, 0.5) is 0 Å². The SMILES string of the molecule is CCC(=O)[C@@H]1CSCC(=O)N[C@@H](CCCCNC(=O)c2cccc([123I])c2)C(=O)N[C@H]2CSSC[C@H](NC(=O)[C@H](CC(=O)O)CC(=O)CNC(=O)[C@H](CCCN=C(N)N)CC2=O)C(=O)C[C@@H](Cc2ccccc2)C(=O)N1.CCCOCCOCCOCCCC(=O)COCC(N)=O. The summed E-state index contributed by atoms with van der Waals surface area (Å²) >= 11 is 3.13. The molecule has 2 fully saturated rings. The predicted molar refractivity (Wildman–Crippen MR) is 372 cm³/mol. The lowest BCUT2D eigenvalue weighted by Gasteiger charge is -2.26. The van der Waals surface area contributed by atoms with E-state index in [2.05, 4.69) is 66.4 Å². The lowest BCUT2D eigenvalue weighted by molar-refractivity contribution is -0.142. The maximum absolute atomic E-state index is 14.5. The van der Waals surface area contributed by atoms with Gasteiger partial charge < -0.3 is 73.2 Å². The number of hydrogen-bond acceptors (Lipinski definition) is 21. The van der Waals surface area contributed by atoms with E-state index in [1.54, 1.807) is 55.5 Å². The number of carbonyl (C=O) groups excluding carboxylic acids is 12. The number of unbranched alkanes of at least 4 members (excludes halogenated alkanes) is 1. The number of rotatable bonds is 32. The molecule has 7 atom stereocenters. The second-order valence-corrected chi connectivity index (χ2v) is 27.4. The number of nitrogens with one attached hydrogen (secondary N) is 6. The summed E-state index contributed by atoms with van der Waals surface area (Å²) in [4.78, 5) is 176. The van der Waals surface area contributed by atoms with Gasteiger partial charge in [0, 0.05) is 96.6 Å². The maximum atomic E-state index is 14.5. The number of fused-ring (bicyclic) bond motifs is 5. The first-order valence-corrected chi connectivity index (χ1v) is 36.6. The number of Topliss-reactive ketones (excluding diaryl/α,β-unsaturated/α-hetero) is 5. The fourth-order valence-electron chi connectivity index (χ4n) is 9.50. The summed E-state index contributed by atoms with van der Waals surface area (Å²) < 4.78 is 21.6. The number of halogens is 1. The van der Waals surface area contributed by atoms with Gasteiger partial charge in [-0.2, -0.15) is 0 Å². The third kappa shape index (κ3) is 36.7. The number of ketones is 5. The van der Waals surface area contributed by atoms with Gasteiger partial charge in [-0.3, -0.25) is 67.3 Å². The van der Waals surface area contributed by atoms with Crippen molar-refractivity contribution in [3.05, 3.63) is 69.3 Å². The molecule has 0 aromatic heterocycles. The van der Waals surface area contributed by atoms with Gasteiger partial charge in [0.15, 0.2) is 34.9 Å². The average molecular weight is 1510 g/mol. The molecule has 2 aliphatic rings. The van der Waals surface area contributed by atoms with Gasteiger partial charge in [0.05, 0.1) is 69.2 Å². The first kappa shape index (κ1) is 83.7. The van der Waals surface area contributed by atoms with Gasteiger partial charge in [0.1, 0.15) is 19.3 Å². The van der Waals surface area contributed by atoms with Crippen LogP contribution in [-0.2, 0) is 82.9 Å². The van der Waals surface area contributed by atoms with Gasteiger partial charge in [-0.05, 0) is 97.7 Å². The summed E-state index contributed by atoms with van der Waals surface area (Å²) in [5.74, 6) is -12.7. The van der Waals surface area contributed by atoms with Crippen LogP contribution >= 0.6 is 55.9 Å². The maximum Gasteiger partial charge on any atom is 0.304 e. The number of thioether (sulfide) groups is 1. The van der Waals surface area contributed by atoms with Gasteiger partial charge in [0.2, 0.25) is 35.4 Å². The summed E-state index contributed by atoms with van der Waals surface area (Å²) in [7, 11) is 2.09. The second kappa shape index (κ2) is 49.0. The molecule has 2 bridgehead atoms. The smallest absolute Gasteiger partial charge is 0.304 e. The molecule has 2 aromatic rings. The van der Waals surface area contributed by atoms with Crippen LogP contribution in [0.1, 0.15) is 113 Å². The van der Waals surface area contributed by atoms with Crippen LogP contribution in [0.15, 0.2) is 59.6 Å². The molecule has 0 saturated carbocycles. The zero-order valence-corrected chi connectivity index (χ0v) is 59.0. The molecule has 2 aliphatic heterocycles. The summed E-state index contributed by atoms with van der Waals surface area (Å²) in [5.41, 5.74) is 17.0. The number of aliphatic imine (C=N–C) groups is 1. The molecular weight excluding hydrogens is 1420 g/mol. The van der Waals surface area contributed by atoms with E-state index >= 15 is 0 Å². The normalized spacial score (nSPS) is 20.6. The van der Waals surface area contributed by atoms with Crippen molar-refractivity contribution in [2.45, 2.75) is 128 Å². The molecule has 7 amide bonds. The monoisotopic (exact) mass is 1510 g/mol. The Bertz CT molecular complexity index is 2900. The number of carboxylic acid groups (broad SMARTS) is 1. The quantitative estimate of drug-likeness (QED) is 0.0165. The minimum absolute atomic E-state index is 0.0270. The molecule has 0 aliphatic carbocycles. The number of carboxylic acids is 1. The molecule has 96 heavy (non-hydrogen) atoms. The van der Waals surface area contributed by atoms with Crippen LogP contribution in [0.3, 0.4) is 0 Å².